The Morgan fingerprint density at radius 2 is 1.85 bits per heavy atom. The number of hydrogen-bond acceptors (Lipinski definition) is 4. The zero-order valence-corrected chi connectivity index (χ0v) is 18.8. The maximum absolute atomic E-state index is 15.3. The first kappa shape index (κ1) is 21.8. The summed E-state index contributed by atoms with van der Waals surface area (Å²) in [5.74, 6) is -1.25. The molecule has 0 unspecified atom stereocenters. The van der Waals surface area contributed by atoms with Gasteiger partial charge in [0.05, 0.1) is 22.5 Å². The van der Waals surface area contributed by atoms with Crippen LogP contribution in [-0.4, -0.2) is 43.2 Å². The number of likely N-dealkylation sites (tertiary alicyclic amines) is 1. The lowest BCUT2D eigenvalue weighted by Gasteiger charge is -2.26. The third kappa shape index (κ3) is 3.61. The third-order valence-electron chi connectivity index (χ3n) is 6.23. The summed E-state index contributed by atoms with van der Waals surface area (Å²) < 4.78 is 33.0. The van der Waals surface area contributed by atoms with Gasteiger partial charge in [0.1, 0.15) is 29.2 Å². The van der Waals surface area contributed by atoms with Crippen molar-refractivity contribution in [3.63, 3.8) is 0 Å². The van der Waals surface area contributed by atoms with Gasteiger partial charge >= 0.3 is 0 Å². The number of aromatic nitrogens is 4. The molecule has 1 aliphatic rings. The van der Waals surface area contributed by atoms with E-state index in [9.17, 15) is 9.18 Å². The number of halogens is 2. The largest absolute Gasteiger partial charge is 0.337 e. The number of nitriles is 1. The summed E-state index contributed by atoms with van der Waals surface area (Å²) in [6.45, 7) is 2.99. The highest BCUT2D eigenvalue weighted by molar-refractivity contribution is 5.95. The van der Waals surface area contributed by atoms with E-state index in [1.165, 1.54) is 18.2 Å². The first-order valence-corrected chi connectivity index (χ1v) is 11.1. The van der Waals surface area contributed by atoms with E-state index >= 15 is 4.39 Å². The number of imidazole rings is 1. The van der Waals surface area contributed by atoms with Crippen LogP contribution in [-0.2, 0) is 7.05 Å². The van der Waals surface area contributed by atoms with Crippen molar-refractivity contribution in [2.45, 2.75) is 26.2 Å². The summed E-state index contributed by atoms with van der Waals surface area (Å²) in [5, 5.41) is 14.1. The smallest absolute Gasteiger partial charge is 0.274 e. The molecule has 1 aliphatic heterocycles. The highest BCUT2D eigenvalue weighted by Gasteiger charge is 2.28. The number of benzene rings is 2. The Kier molecular flexibility index (Phi) is 5.36. The number of hydrogen-bond donors (Lipinski definition) is 0. The highest BCUT2D eigenvalue weighted by Crippen LogP contribution is 2.31. The molecule has 1 amide bonds. The number of amides is 1. The van der Waals surface area contributed by atoms with Crippen LogP contribution in [0.2, 0.25) is 0 Å². The minimum absolute atomic E-state index is 0.105. The van der Waals surface area contributed by atoms with Gasteiger partial charge in [-0.25, -0.2) is 13.8 Å². The maximum Gasteiger partial charge on any atom is 0.274 e. The van der Waals surface area contributed by atoms with Crippen LogP contribution < -0.4 is 0 Å². The van der Waals surface area contributed by atoms with Crippen molar-refractivity contribution in [1.29, 1.82) is 5.26 Å². The van der Waals surface area contributed by atoms with E-state index in [2.05, 4.69) is 10.1 Å². The van der Waals surface area contributed by atoms with E-state index < -0.39 is 11.6 Å². The topological polar surface area (TPSA) is 79.7 Å². The summed E-state index contributed by atoms with van der Waals surface area (Å²) in [6, 6.07) is 8.87. The van der Waals surface area contributed by atoms with Crippen LogP contribution in [0.25, 0.3) is 28.0 Å². The van der Waals surface area contributed by atoms with Gasteiger partial charge in [-0.3, -0.25) is 14.0 Å². The molecular formula is C25H22F2N6O. The van der Waals surface area contributed by atoms with Gasteiger partial charge < -0.3 is 4.90 Å². The molecule has 4 aromatic rings. The predicted octanol–water partition coefficient (Wildman–Crippen LogP) is 4.51. The van der Waals surface area contributed by atoms with Crippen molar-refractivity contribution >= 4 is 16.8 Å². The van der Waals surface area contributed by atoms with Crippen molar-refractivity contribution in [3.05, 3.63) is 65.1 Å². The summed E-state index contributed by atoms with van der Waals surface area (Å²) in [5.41, 5.74) is 1.57. The van der Waals surface area contributed by atoms with Gasteiger partial charge in [0.15, 0.2) is 0 Å². The quantitative estimate of drug-likeness (QED) is 0.451. The lowest BCUT2D eigenvalue weighted by atomic mass is 10.1. The van der Waals surface area contributed by atoms with Gasteiger partial charge in [-0.05, 0) is 50.5 Å². The van der Waals surface area contributed by atoms with Crippen molar-refractivity contribution in [2.75, 3.05) is 13.1 Å². The molecule has 1 saturated heterocycles. The fourth-order valence-corrected chi connectivity index (χ4v) is 4.51. The van der Waals surface area contributed by atoms with Crippen LogP contribution in [0.1, 0.15) is 41.0 Å². The van der Waals surface area contributed by atoms with E-state index in [4.69, 9.17) is 5.26 Å². The number of nitrogens with zero attached hydrogens (tertiary/aromatic N) is 6. The first-order valence-electron chi connectivity index (χ1n) is 11.1. The molecule has 0 saturated carbocycles. The molecule has 34 heavy (non-hydrogen) atoms. The zero-order chi connectivity index (χ0) is 24.0. The Labute approximate surface area is 194 Å². The van der Waals surface area contributed by atoms with E-state index in [-0.39, 0.29) is 28.7 Å². The van der Waals surface area contributed by atoms with Gasteiger partial charge in [-0.1, -0.05) is 0 Å². The Bertz CT molecular complexity index is 1470. The molecule has 0 bridgehead atoms. The third-order valence-corrected chi connectivity index (χ3v) is 6.23. The molecule has 172 valence electrons. The number of carbonyl (C=O) groups is 1. The second-order valence-electron chi connectivity index (χ2n) is 8.53. The van der Waals surface area contributed by atoms with Crippen molar-refractivity contribution < 1.29 is 13.6 Å². The predicted molar refractivity (Wildman–Crippen MR) is 122 cm³/mol. The lowest BCUT2D eigenvalue weighted by molar-refractivity contribution is 0.0718. The zero-order valence-electron chi connectivity index (χ0n) is 18.8. The van der Waals surface area contributed by atoms with E-state index in [0.717, 1.165) is 19.3 Å². The van der Waals surface area contributed by atoms with Gasteiger partial charge in [-0.15, -0.1) is 0 Å². The van der Waals surface area contributed by atoms with E-state index in [1.807, 2.05) is 0 Å². The van der Waals surface area contributed by atoms with Gasteiger partial charge in [-0.2, -0.15) is 10.4 Å². The summed E-state index contributed by atoms with van der Waals surface area (Å²) >= 11 is 0. The van der Waals surface area contributed by atoms with Crippen LogP contribution >= 0.6 is 0 Å². The van der Waals surface area contributed by atoms with Crippen LogP contribution in [0.4, 0.5) is 8.78 Å². The Morgan fingerprint density at radius 3 is 2.56 bits per heavy atom. The molecule has 7 nitrogen and oxygen atoms in total. The summed E-state index contributed by atoms with van der Waals surface area (Å²) in [4.78, 5) is 19.7. The fraction of sp³-hybridized carbons (Fsp3) is 0.280. The molecule has 0 atom stereocenters. The Balaban J connectivity index is 1.73. The van der Waals surface area contributed by atoms with Crippen molar-refractivity contribution in [1.82, 2.24) is 24.2 Å². The molecule has 2 aromatic heterocycles. The van der Waals surface area contributed by atoms with Gasteiger partial charge in [0.25, 0.3) is 5.91 Å². The molecule has 5 rings (SSSR count). The molecule has 3 heterocycles. The number of piperidine rings is 1. The average molecular weight is 460 g/mol. The number of fused-ring (bicyclic) bond motifs is 1. The average Bonchev–Trinajstić information content (AvgIpc) is 3.36. The van der Waals surface area contributed by atoms with Gasteiger partial charge in [0, 0.05) is 43.4 Å². The molecular weight excluding hydrogens is 438 g/mol. The van der Waals surface area contributed by atoms with Crippen LogP contribution in [0.5, 0.6) is 0 Å². The second-order valence-corrected chi connectivity index (χ2v) is 8.53. The summed E-state index contributed by atoms with van der Waals surface area (Å²) in [7, 11) is 1.75. The minimum Gasteiger partial charge on any atom is -0.337 e. The van der Waals surface area contributed by atoms with E-state index in [1.54, 1.807) is 52.5 Å². The number of aryl methyl sites for hydroxylation is 1. The number of carbonyl (C=O) groups excluding carboxylic acids is 1. The summed E-state index contributed by atoms with van der Waals surface area (Å²) in [6.07, 6.45) is 4.69. The molecule has 2 aromatic carbocycles. The Morgan fingerprint density at radius 1 is 1.09 bits per heavy atom. The minimum atomic E-state index is -0.709. The van der Waals surface area contributed by atoms with Crippen LogP contribution in [0.15, 0.2) is 36.5 Å². The van der Waals surface area contributed by atoms with E-state index in [0.29, 0.717) is 35.2 Å². The second kappa shape index (κ2) is 8.37. The Hall–Kier alpha value is -4.06. The van der Waals surface area contributed by atoms with Crippen molar-refractivity contribution in [3.8, 4) is 23.1 Å². The van der Waals surface area contributed by atoms with Gasteiger partial charge in [0.2, 0.25) is 0 Å². The highest BCUT2D eigenvalue weighted by atomic mass is 19.1. The molecule has 0 aliphatic carbocycles. The normalized spacial score (nSPS) is 13.9. The maximum atomic E-state index is 15.3. The molecule has 0 N–H and O–H groups in total. The first-order chi connectivity index (χ1) is 16.4. The molecule has 1 fully saturated rings. The van der Waals surface area contributed by atoms with Crippen LogP contribution in [0, 0.1) is 29.9 Å². The lowest BCUT2D eigenvalue weighted by Crippen LogP contribution is -2.36. The monoisotopic (exact) mass is 460 g/mol. The van der Waals surface area contributed by atoms with Crippen LogP contribution in [0.3, 0.4) is 0 Å². The fourth-order valence-electron chi connectivity index (χ4n) is 4.51. The van der Waals surface area contributed by atoms with Crippen molar-refractivity contribution in [2.24, 2.45) is 7.05 Å². The standard InChI is InChI=1S/C25H22F2N6O/c1-15-23(25(34)32-8-4-3-5-9-32)29-24(16-6-7-17(13-28)19(26)10-16)33(15)22-11-18-14-31(2)30-21(18)12-20(22)27/h6-7,10-12,14H,3-5,8-9H2,1-2H3. The SMILES string of the molecule is Cc1c(C(=O)N2CCCCC2)nc(-c2ccc(C#N)c(F)c2)n1-c1cc2cn(C)nc2cc1F. The molecule has 0 spiro atoms. The molecule has 9 heteroatoms. The number of rotatable bonds is 3. The molecule has 0 radical (unpaired) electrons.